The van der Waals surface area contributed by atoms with E-state index in [-0.39, 0.29) is 24.0 Å². The summed E-state index contributed by atoms with van der Waals surface area (Å²) < 4.78 is 11.1. The van der Waals surface area contributed by atoms with E-state index in [1.165, 1.54) is 12.5 Å². The van der Waals surface area contributed by atoms with Crippen molar-refractivity contribution in [1.29, 1.82) is 0 Å². The third-order valence-electron chi connectivity index (χ3n) is 4.72. The second-order valence-electron chi connectivity index (χ2n) is 6.89. The van der Waals surface area contributed by atoms with Crippen molar-refractivity contribution in [3.8, 4) is 0 Å². The molecule has 3 rings (SSSR count). The van der Waals surface area contributed by atoms with E-state index in [9.17, 15) is 9.59 Å². The number of carbonyl (C=O) groups excluding carboxylic acids is 2. The maximum absolute atomic E-state index is 12.8. The standard InChI is InChI=1S/C16H22N2O4/c1-15(2)10-16(12(22-15)8-13(17)19)5-3-6-18(16)14(20)11-4-7-21-9-11/h4,7,9,12H,3,5-6,8,10H2,1-2H3,(H2,17,19)/t12-,16+/m0/s1. The minimum Gasteiger partial charge on any atom is -0.472 e. The SMILES string of the molecule is CC1(C)C[C@]2(CCCN2C(=O)c2ccoc2)[C@H](CC(N)=O)O1. The van der Waals surface area contributed by atoms with Gasteiger partial charge in [-0.25, -0.2) is 0 Å². The van der Waals surface area contributed by atoms with Gasteiger partial charge in [0.05, 0.1) is 35.5 Å². The largest absolute Gasteiger partial charge is 0.472 e. The van der Waals surface area contributed by atoms with Crippen LogP contribution in [0.1, 0.15) is 49.9 Å². The molecule has 2 saturated heterocycles. The molecule has 1 aromatic heterocycles. The van der Waals surface area contributed by atoms with E-state index in [0.29, 0.717) is 18.5 Å². The summed E-state index contributed by atoms with van der Waals surface area (Å²) in [4.78, 5) is 26.1. The molecule has 2 amide bonds. The van der Waals surface area contributed by atoms with Crippen molar-refractivity contribution in [2.24, 2.45) is 5.73 Å². The Balaban J connectivity index is 1.94. The van der Waals surface area contributed by atoms with Crippen LogP contribution in [-0.4, -0.2) is 40.5 Å². The molecule has 0 radical (unpaired) electrons. The van der Waals surface area contributed by atoms with E-state index in [1.54, 1.807) is 6.07 Å². The van der Waals surface area contributed by atoms with Crippen LogP contribution in [0.3, 0.4) is 0 Å². The number of hydrogen-bond donors (Lipinski definition) is 1. The minimum atomic E-state index is -0.452. The Labute approximate surface area is 129 Å². The fourth-order valence-electron chi connectivity index (χ4n) is 4.07. The van der Waals surface area contributed by atoms with Gasteiger partial charge in [-0.1, -0.05) is 0 Å². The third kappa shape index (κ3) is 2.41. The number of primary amides is 1. The highest BCUT2D eigenvalue weighted by Gasteiger charge is 2.58. The molecule has 120 valence electrons. The van der Waals surface area contributed by atoms with Crippen molar-refractivity contribution in [1.82, 2.24) is 4.90 Å². The molecule has 0 bridgehead atoms. The van der Waals surface area contributed by atoms with Gasteiger partial charge in [-0.2, -0.15) is 0 Å². The van der Waals surface area contributed by atoms with Gasteiger partial charge in [0.1, 0.15) is 6.26 Å². The minimum absolute atomic E-state index is 0.0676. The van der Waals surface area contributed by atoms with Crippen molar-refractivity contribution in [2.75, 3.05) is 6.54 Å². The fraction of sp³-hybridized carbons (Fsp3) is 0.625. The van der Waals surface area contributed by atoms with Gasteiger partial charge >= 0.3 is 0 Å². The van der Waals surface area contributed by atoms with Crippen molar-refractivity contribution >= 4 is 11.8 Å². The maximum atomic E-state index is 12.8. The van der Waals surface area contributed by atoms with E-state index in [1.807, 2.05) is 18.7 Å². The molecule has 0 unspecified atom stereocenters. The molecule has 2 atom stereocenters. The average molecular weight is 306 g/mol. The average Bonchev–Trinajstić information content (AvgIpc) is 3.09. The number of carbonyl (C=O) groups is 2. The lowest BCUT2D eigenvalue weighted by atomic mass is 9.82. The zero-order chi connectivity index (χ0) is 16.0. The van der Waals surface area contributed by atoms with Crippen molar-refractivity contribution in [3.05, 3.63) is 24.2 Å². The number of rotatable bonds is 3. The van der Waals surface area contributed by atoms with Crippen LogP contribution in [-0.2, 0) is 9.53 Å². The second-order valence-corrected chi connectivity index (χ2v) is 6.89. The molecule has 1 spiro atoms. The van der Waals surface area contributed by atoms with Crippen LogP contribution in [0.2, 0.25) is 0 Å². The zero-order valence-electron chi connectivity index (χ0n) is 13.0. The number of amides is 2. The molecule has 1 aromatic rings. The molecule has 6 nitrogen and oxygen atoms in total. The summed E-state index contributed by atoms with van der Waals surface area (Å²) in [6.45, 7) is 4.65. The number of likely N-dealkylation sites (tertiary alicyclic amines) is 1. The molecule has 2 aliphatic heterocycles. The van der Waals surface area contributed by atoms with Crippen LogP contribution >= 0.6 is 0 Å². The lowest BCUT2D eigenvalue weighted by molar-refractivity contribution is -0.123. The van der Waals surface area contributed by atoms with Crippen LogP contribution in [0.15, 0.2) is 23.0 Å². The lowest BCUT2D eigenvalue weighted by Crippen LogP contribution is -2.53. The Hall–Kier alpha value is -1.82. The summed E-state index contributed by atoms with van der Waals surface area (Å²) in [7, 11) is 0. The van der Waals surface area contributed by atoms with Crippen LogP contribution < -0.4 is 5.73 Å². The molecule has 0 aromatic carbocycles. The molecule has 2 fully saturated rings. The predicted molar refractivity (Wildman–Crippen MR) is 79.1 cm³/mol. The molecule has 2 N–H and O–H groups in total. The quantitative estimate of drug-likeness (QED) is 0.921. The molecule has 0 aliphatic carbocycles. The van der Waals surface area contributed by atoms with Crippen LogP contribution in [0.4, 0.5) is 0 Å². The topological polar surface area (TPSA) is 85.8 Å². The Bertz CT molecular complexity index is 581. The smallest absolute Gasteiger partial charge is 0.257 e. The van der Waals surface area contributed by atoms with Gasteiger partial charge in [0, 0.05) is 13.0 Å². The van der Waals surface area contributed by atoms with Gasteiger partial charge in [-0.05, 0) is 32.8 Å². The summed E-state index contributed by atoms with van der Waals surface area (Å²) in [5, 5.41) is 0. The van der Waals surface area contributed by atoms with E-state index in [2.05, 4.69) is 0 Å². The number of hydrogen-bond acceptors (Lipinski definition) is 4. The Morgan fingerprint density at radius 1 is 1.45 bits per heavy atom. The Morgan fingerprint density at radius 2 is 2.23 bits per heavy atom. The number of furan rings is 1. The van der Waals surface area contributed by atoms with E-state index >= 15 is 0 Å². The van der Waals surface area contributed by atoms with Crippen LogP contribution in [0.5, 0.6) is 0 Å². The molecule has 2 aliphatic rings. The lowest BCUT2D eigenvalue weighted by Gasteiger charge is -2.38. The van der Waals surface area contributed by atoms with Gasteiger partial charge in [-0.3, -0.25) is 9.59 Å². The predicted octanol–water partition coefficient (Wildman–Crippen LogP) is 1.70. The highest BCUT2D eigenvalue weighted by atomic mass is 16.5. The third-order valence-corrected chi connectivity index (χ3v) is 4.72. The van der Waals surface area contributed by atoms with Gasteiger partial charge in [0.25, 0.3) is 5.91 Å². The normalized spacial score (nSPS) is 30.1. The monoisotopic (exact) mass is 306 g/mol. The molecule has 6 heteroatoms. The molecular formula is C16H22N2O4. The summed E-state index contributed by atoms with van der Waals surface area (Å²) >= 11 is 0. The number of nitrogens with two attached hydrogens (primary N) is 1. The highest BCUT2D eigenvalue weighted by molar-refractivity contribution is 5.94. The summed E-state index contributed by atoms with van der Waals surface area (Å²) in [6, 6.07) is 1.67. The number of nitrogens with zero attached hydrogens (tertiary/aromatic N) is 1. The summed E-state index contributed by atoms with van der Waals surface area (Å²) in [5.74, 6) is -0.466. The van der Waals surface area contributed by atoms with Crippen molar-refractivity contribution in [2.45, 2.75) is 56.8 Å². The van der Waals surface area contributed by atoms with Crippen LogP contribution in [0.25, 0.3) is 0 Å². The van der Waals surface area contributed by atoms with Crippen molar-refractivity contribution in [3.63, 3.8) is 0 Å². The highest BCUT2D eigenvalue weighted by Crippen LogP contribution is 2.49. The van der Waals surface area contributed by atoms with Gasteiger partial charge < -0.3 is 19.8 Å². The van der Waals surface area contributed by atoms with E-state index in [4.69, 9.17) is 14.9 Å². The maximum Gasteiger partial charge on any atom is 0.257 e. The molecule has 22 heavy (non-hydrogen) atoms. The van der Waals surface area contributed by atoms with Crippen molar-refractivity contribution < 1.29 is 18.7 Å². The second kappa shape index (κ2) is 5.12. The zero-order valence-corrected chi connectivity index (χ0v) is 13.0. The Kier molecular flexibility index (Phi) is 3.51. The van der Waals surface area contributed by atoms with Gasteiger partial charge in [-0.15, -0.1) is 0 Å². The summed E-state index contributed by atoms with van der Waals surface area (Å²) in [6.07, 6.45) is 5.18. The first-order chi connectivity index (χ1) is 10.3. The Morgan fingerprint density at radius 3 is 2.86 bits per heavy atom. The molecule has 0 saturated carbocycles. The first kappa shape index (κ1) is 15.1. The van der Waals surface area contributed by atoms with E-state index < -0.39 is 11.4 Å². The number of ether oxygens (including phenoxy) is 1. The van der Waals surface area contributed by atoms with Gasteiger partial charge in [0.2, 0.25) is 5.91 Å². The first-order valence-electron chi connectivity index (χ1n) is 7.64. The van der Waals surface area contributed by atoms with Gasteiger partial charge in [0.15, 0.2) is 0 Å². The first-order valence-corrected chi connectivity index (χ1v) is 7.64. The van der Waals surface area contributed by atoms with Crippen LogP contribution in [0, 0.1) is 0 Å². The van der Waals surface area contributed by atoms with E-state index in [0.717, 1.165) is 12.8 Å². The molecule has 3 heterocycles. The molecular weight excluding hydrogens is 284 g/mol. The summed E-state index contributed by atoms with van der Waals surface area (Å²) in [5.41, 5.74) is 5.09. The fourth-order valence-corrected chi connectivity index (χ4v) is 4.07.